The topological polar surface area (TPSA) is 53.8 Å². The summed E-state index contributed by atoms with van der Waals surface area (Å²) in [4.78, 5) is 16.7. The van der Waals surface area contributed by atoms with Crippen molar-refractivity contribution in [2.45, 2.75) is 33.6 Å². The van der Waals surface area contributed by atoms with Crippen LogP contribution in [0.5, 0.6) is 0 Å². The number of aromatic nitrogens is 1. The van der Waals surface area contributed by atoms with Crippen LogP contribution in [0.2, 0.25) is 0 Å². The van der Waals surface area contributed by atoms with E-state index in [0.29, 0.717) is 5.57 Å². The van der Waals surface area contributed by atoms with Crippen LogP contribution in [-0.2, 0) is 4.79 Å². The first-order valence-corrected chi connectivity index (χ1v) is 7.66. The number of halogens is 1. The molecule has 0 fully saturated rings. The predicted molar refractivity (Wildman–Crippen MR) is 92.8 cm³/mol. The van der Waals surface area contributed by atoms with Gasteiger partial charge in [-0.15, -0.1) is 12.4 Å². The Labute approximate surface area is 143 Å². The van der Waals surface area contributed by atoms with Gasteiger partial charge >= 0.3 is 0 Å². The van der Waals surface area contributed by atoms with Gasteiger partial charge in [-0.1, -0.05) is 39.0 Å². The summed E-state index contributed by atoms with van der Waals surface area (Å²) >= 11 is 0. The molecule has 0 radical (unpaired) electrons. The molecule has 4 heteroatoms. The molecule has 23 heavy (non-hydrogen) atoms. The number of allylic oxidation sites excluding steroid dienone is 4. The van der Waals surface area contributed by atoms with Crippen LogP contribution < -0.4 is 0 Å². The Kier molecular flexibility index (Phi) is 4.50. The molecule has 0 aromatic carbocycles. The second kappa shape index (κ2) is 5.94. The first-order chi connectivity index (χ1) is 10.4. The van der Waals surface area contributed by atoms with Crippen molar-refractivity contribution in [1.82, 2.24) is 4.98 Å². The number of nitriles is 1. The largest absolute Gasteiger partial charge is 0.293 e. The quantitative estimate of drug-likeness (QED) is 0.769. The smallest absolute Gasteiger partial charge is 0.178 e. The lowest BCUT2D eigenvalue weighted by molar-refractivity contribution is -0.129. The molecule has 0 bridgehead atoms. The highest BCUT2D eigenvalue weighted by molar-refractivity contribution is 6.04. The molecule has 0 spiro atoms. The maximum Gasteiger partial charge on any atom is 0.178 e. The Morgan fingerprint density at radius 2 is 2.09 bits per heavy atom. The van der Waals surface area contributed by atoms with Crippen LogP contribution in [0.1, 0.15) is 39.2 Å². The van der Waals surface area contributed by atoms with Gasteiger partial charge in [-0.25, -0.2) is 0 Å². The lowest BCUT2D eigenvalue weighted by Gasteiger charge is -2.49. The Morgan fingerprint density at radius 1 is 1.35 bits per heavy atom. The van der Waals surface area contributed by atoms with Crippen molar-refractivity contribution in [2.75, 3.05) is 0 Å². The molecule has 0 saturated carbocycles. The van der Waals surface area contributed by atoms with Gasteiger partial charge in [0.05, 0.1) is 5.57 Å². The van der Waals surface area contributed by atoms with E-state index >= 15 is 0 Å². The maximum absolute atomic E-state index is 12.5. The average Bonchev–Trinajstić information content (AvgIpc) is 2.51. The highest BCUT2D eigenvalue weighted by Crippen LogP contribution is 2.55. The van der Waals surface area contributed by atoms with E-state index in [4.69, 9.17) is 0 Å². The van der Waals surface area contributed by atoms with E-state index in [1.165, 1.54) is 5.57 Å². The molecule has 0 N–H and O–H groups in total. The summed E-state index contributed by atoms with van der Waals surface area (Å²) in [6.07, 6.45) is 9.50. The molecule has 2 aliphatic rings. The summed E-state index contributed by atoms with van der Waals surface area (Å²) in [7, 11) is 0. The van der Waals surface area contributed by atoms with Gasteiger partial charge in [0.25, 0.3) is 0 Å². The van der Waals surface area contributed by atoms with Crippen LogP contribution in [-0.4, -0.2) is 10.8 Å². The molecule has 1 heterocycles. The molecule has 0 unspecified atom stereocenters. The SMILES string of the molecule is CC1(C)C(=O)C(C#N)=C[C@]2(C)CC(c3cccnc3)=CC[C@H]12.Cl. The van der Waals surface area contributed by atoms with Gasteiger partial charge in [-0.3, -0.25) is 9.78 Å². The van der Waals surface area contributed by atoms with Gasteiger partial charge in [0.2, 0.25) is 0 Å². The molecule has 120 valence electrons. The molecule has 2 atom stereocenters. The van der Waals surface area contributed by atoms with Crippen molar-refractivity contribution >= 4 is 23.8 Å². The van der Waals surface area contributed by atoms with Crippen LogP contribution in [0, 0.1) is 28.1 Å². The fraction of sp³-hybridized carbons (Fsp3) is 0.421. The van der Waals surface area contributed by atoms with Crippen molar-refractivity contribution in [1.29, 1.82) is 5.26 Å². The highest BCUT2D eigenvalue weighted by atomic mass is 35.5. The number of carbonyl (C=O) groups is 1. The Morgan fingerprint density at radius 3 is 2.70 bits per heavy atom. The summed E-state index contributed by atoms with van der Waals surface area (Å²) in [6, 6.07) is 6.11. The predicted octanol–water partition coefficient (Wildman–Crippen LogP) is 4.36. The fourth-order valence-corrected chi connectivity index (χ4v) is 4.16. The van der Waals surface area contributed by atoms with E-state index < -0.39 is 5.41 Å². The minimum atomic E-state index is -0.495. The number of nitrogens with zero attached hydrogens (tertiary/aromatic N) is 2. The van der Waals surface area contributed by atoms with Crippen molar-refractivity contribution in [2.24, 2.45) is 16.7 Å². The van der Waals surface area contributed by atoms with Gasteiger partial charge in [-0.2, -0.15) is 5.26 Å². The number of ketones is 1. The molecular weight excluding hydrogens is 308 g/mol. The zero-order chi connectivity index (χ0) is 16.0. The lowest BCUT2D eigenvalue weighted by Crippen LogP contribution is -2.47. The number of hydrogen-bond acceptors (Lipinski definition) is 3. The summed E-state index contributed by atoms with van der Waals surface area (Å²) in [6.45, 7) is 6.13. The van der Waals surface area contributed by atoms with Crippen LogP contribution in [0.3, 0.4) is 0 Å². The molecular formula is C19H21ClN2O. The molecule has 1 aromatic rings. The second-order valence-corrected chi connectivity index (χ2v) is 7.16. The monoisotopic (exact) mass is 328 g/mol. The number of carbonyl (C=O) groups excluding carboxylic acids is 1. The summed E-state index contributed by atoms with van der Waals surface area (Å²) in [5, 5.41) is 9.32. The third-order valence-corrected chi connectivity index (χ3v) is 5.30. The number of fused-ring (bicyclic) bond motifs is 1. The lowest BCUT2D eigenvalue weighted by atomic mass is 9.52. The first-order valence-electron chi connectivity index (χ1n) is 7.66. The molecule has 2 aliphatic carbocycles. The molecule has 1 aromatic heterocycles. The number of hydrogen-bond donors (Lipinski definition) is 0. The van der Waals surface area contributed by atoms with Crippen LogP contribution in [0.15, 0.2) is 42.3 Å². The standard InChI is InChI=1S/C19H20N2O.ClH/c1-18(2)16-7-6-13(14-5-4-8-21-12-14)9-19(16,3)10-15(11-20)17(18)22;/h4-6,8,10,12,16H,7,9H2,1-3H3;1H/t16-,19+;/m1./s1. The molecule has 0 amide bonds. The van der Waals surface area contributed by atoms with E-state index in [2.05, 4.69) is 30.1 Å². The highest BCUT2D eigenvalue weighted by Gasteiger charge is 2.52. The van der Waals surface area contributed by atoms with E-state index in [-0.39, 0.29) is 29.5 Å². The minimum absolute atomic E-state index is 0. The minimum Gasteiger partial charge on any atom is -0.293 e. The summed E-state index contributed by atoms with van der Waals surface area (Å²) in [5.74, 6) is 0.209. The van der Waals surface area contributed by atoms with E-state index in [1.54, 1.807) is 6.20 Å². The van der Waals surface area contributed by atoms with Gasteiger partial charge in [0, 0.05) is 17.8 Å². The van der Waals surface area contributed by atoms with Crippen molar-refractivity contribution in [3.05, 3.63) is 47.8 Å². The van der Waals surface area contributed by atoms with Gasteiger partial charge in [0.15, 0.2) is 5.78 Å². The van der Waals surface area contributed by atoms with Crippen molar-refractivity contribution in [3.8, 4) is 6.07 Å². The average molecular weight is 329 g/mol. The third kappa shape index (κ3) is 2.72. The Hall–Kier alpha value is -1.92. The number of pyridine rings is 1. The van der Waals surface area contributed by atoms with E-state index in [9.17, 15) is 10.1 Å². The molecule has 0 saturated heterocycles. The van der Waals surface area contributed by atoms with Gasteiger partial charge in [0.1, 0.15) is 6.07 Å². The zero-order valence-electron chi connectivity index (χ0n) is 13.7. The maximum atomic E-state index is 12.5. The van der Waals surface area contributed by atoms with Gasteiger partial charge in [-0.05, 0) is 41.4 Å². The molecule has 3 rings (SSSR count). The first kappa shape index (κ1) is 17.4. The second-order valence-electron chi connectivity index (χ2n) is 7.16. The van der Waals surface area contributed by atoms with Crippen molar-refractivity contribution < 1.29 is 4.79 Å². The third-order valence-electron chi connectivity index (χ3n) is 5.30. The number of Topliss-reactive ketones (excluding diaryl/α,β-unsaturated/α-hetero) is 1. The number of rotatable bonds is 1. The molecule has 3 nitrogen and oxygen atoms in total. The van der Waals surface area contributed by atoms with Crippen LogP contribution in [0.4, 0.5) is 0 Å². The summed E-state index contributed by atoms with van der Waals surface area (Å²) in [5.41, 5.74) is 2.04. The zero-order valence-corrected chi connectivity index (χ0v) is 14.5. The van der Waals surface area contributed by atoms with Gasteiger partial charge < -0.3 is 0 Å². The van der Waals surface area contributed by atoms with Crippen LogP contribution in [0.25, 0.3) is 5.57 Å². The normalized spacial score (nSPS) is 28.6. The summed E-state index contributed by atoms with van der Waals surface area (Å²) < 4.78 is 0. The Balaban J connectivity index is 0.00000192. The molecule has 0 aliphatic heterocycles. The van der Waals surface area contributed by atoms with Crippen LogP contribution >= 0.6 is 12.4 Å². The fourth-order valence-electron chi connectivity index (χ4n) is 4.16. The Bertz CT molecular complexity index is 727. The van der Waals surface area contributed by atoms with E-state index in [0.717, 1.165) is 18.4 Å². The van der Waals surface area contributed by atoms with E-state index in [1.807, 2.05) is 32.2 Å². The van der Waals surface area contributed by atoms with Crippen molar-refractivity contribution in [3.63, 3.8) is 0 Å².